The Morgan fingerprint density at radius 1 is 0.880 bits per heavy atom. The van der Waals surface area contributed by atoms with Crippen LogP contribution < -0.4 is 10.6 Å². The van der Waals surface area contributed by atoms with E-state index >= 15 is 0 Å². The highest BCUT2D eigenvalue weighted by Crippen LogP contribution is 2.14. The summed E-state index contributed by atoms with van der Waals surface area (Å²) >= 11 is 0. The molecule has 3 rings (SSSR count). The third kappa shape index (κ3) is 4.11. The molecule has 5 nitrogen and oxygen atoms in total. The third-order valence-electron chi connectivity index (χ3n) is 3.53. The predicted molar refractivity (Wildman–Crippen MR) is 90.7 cm³/mol. The number of halogens is 1. The summed E-state index contributed by atoms with van der Waals surface area (Å²) in [7, 11) is 0. The first-order chi connectivity index (χ1) is 12.1. The van der Waals surface area contributed by atoms with Gasteiger partial charge < -0.3 is 15.1 Å². The molecule has 0 saturated heterocycles. The van der Waals surface area contributed by atoms with Crippen LogP contribution in [0.4, 0.5) is 10.1 Å². The molecule has 3 aromatic rings. The Bertz CT molecular complexity index is 874. The number of carbonyl (C=O) groups excluding carboxylic acids is 2. The molecular weight excluding hydrogens is 323 g/mol. The minimum atomic E-state index is -0.509. The summed E-state index contributed by atoms with van der Waals surface area (Å²) in [4.78, 5) is 24.2. The fourth-order valence-corrected chi connectivity index (χ4v) is 2.21. The molecule has 0 aliphatic heterocycles. The van der Waals surface area contributed by atoms with Crippen LogP contribution in [0.15, 0.2) is 71.3 Å². The number of hydrogen-bond acceptors (Lipinski definition) is 3. The van der Waals surface area contributed by atoms with Crippen molar-refractivity contribution in [3.63, 3.8) is 0 Å². The van der Waals surface area contributed by atoms with Gasteiger partial charge in [0.25, 0.3) is 11.8 Å². The number of hydrogen-bond donors (Lipinski definition) is 2. The summed E-state index contributed by atoms with van der Waals surface area (Å²) in [6.07, 6.45) is 1.53. The fourth-order valence-electron chi connectivity index (χ4n) is 2.21. The van der Waals surface area contributed by atoms with Gasteiger partial charge in [0.1, 0.15) is 11.6 Å². The largest absolute Gasteiger partial charge is 0.467 e. The van der Waals surface area contributed by atoms with Gasteiger partial charge in [0, 0.05) is 11.1 Å². The number of rotatable bonds is 5. The van der Waals surface area contributed by atoms with Gasteiger partial charge in [-0.15, -0.1) is 0 Å². The highest BCUT2D eigenvalue weighted by Gasteiger charge is 2.11. The van der Waals surface area contributed by atoms with E-state index in [1.54, 1.807) is 24.3 Å². The van der Waals surface area contributed by atoms with Crippen LogP contribution in [0.1, 0.15) is 26.5 Å². The SMILES string of the molecule is O=C(NCc1ccco1)c1ccc(C(=O)Nc2ccccc2F)cc1. The number of carbonyl (C=O) groups is 2. The average molecular weight is 338 g/mol. The summed E-state index contributed by atoms with van der Waals surface area (Å²) in [6, 6.07) is 15.5. The molecule has 2 N–H and O–H groups in total. The third-order valence-corrected chi connectivity index (χ3v) is 3.53. The van der Waals surface area contributed by atoms with Crippen LogP contribution in [0.3, 0.4) is 0 Å². The smallest absolute Gasteiger partial charge is 0.255 e. The van der Waals surface area contributed by atoms with E-state index in [0.717, 1.165) is 0 Å². The lowest BCUT2D eigenvalue weighted by molar-refractivity contribution is 0.0946. The molecule has 0 saturated carbocycles. The normalized spacial score (nSPS) is 10.3. The predicted octanol–water partition coefficient (Wildman–Crippen LogP) is 3.60. The minimum Gasteiger partial charge on any atom is -0.467 e. The quantitative estimate of drug-likeness (QED) is 0.747. The Hall–Kier alpha value is -3.41. The van der Waals surface area contributed by atoms with E-state index in [4.69, 9.17) is 4.42 Å². The second kappa shape index (κ2) is 7.44. The highest BCUT2D eigenvalue weighted by molar-refractivity contribution is 6.05. The van der Waals surface area contributed by atoms with Crippen molar-refractivity contribution in [2.24, 2.45) is 0 Å². The summed E-state index contributed by atoms with van der Waals surface area (Å²) in [6.45, 7) is 0.279. The molecule has 0 aliphatic rings. The Kier molecular flexibility index (Phi) is 4.89. The van der Waals surface area contributed by atoms with Crippen molar-refractivity contribution < 1.29 is 18.4 Å². The lowest BCUT2D eigenvalue weighted by Gasteiger charge is -2.07. The van der Waals surface area contributed by atoms with E-state index in [2.05, 4.69) is 10.6 Å². The van der Waals surface area contributed by atoms with Crippen molar-refractivity contribution in [3.8, 4) is 0 Å². The maximum Gasteiger partial charge on any atom is 0.255 e. The van der Waals surface area contributed by atoms with E-state index in [0.29, 0.717) is 16.9 Å². The van der Waals surface area contributed by atoms with E-state index in [-0.39, 0.29) is 18.1 Å². The van der Waals surface area contributed by atoms with Crippen LogP contribution in [0, 0.1) is 5.82 Å². The molecule has 0 atom stereocenters. The molecule has 0 fully saturated rings. The van der Waals surface area contributed by atoms with Crippen molar-refractivity contribution in [3.05, 3.63) is 89.6 Å². The first-order valence-corrected chi connectivity index (χ1v) is 7.60. The molecule has 126 valence electrons. The molecule has 0 aliphatic carbocycles. The van der Waals surface area contributed by atoms with Gasteiger partial charge in [-0.3, -0.25) is 9.59 Å². The monoisotopic (exact) mass is 338 g/mol. The second-order valence-corrected chi connectivity index (χ2v) is 5.27. The van der Waals surface area contributed by atoms with Gasteiger partial charge in [0.2, 0.25) is 0 Å². The van der Waals surface area contributed by atoms with Crippen LogP contribution in [-0.2, 0) is 6.54 Å². The van der Waals surface area contributed by atoms with Gasteiger partial charge in [-0.25, -0.2) is 4.39 Å². The van der Waals surface area contributed by atoms with Gasteiger partial charge in [-0.2, -0.15) is 0 Å². The molecule has 1 aromatic heterocycles. The van der Waals surface area contributed by atoms with Crippen LogP contribution >= 0.6 is 0 Å². The molecule has 0 radical (unpaired) electrons. The Labute approximate surface area is 143 Å². The van der Waals surface area contributed by atoms with Crippen LogP contribution in [0.2, 0.25) is 0 Å². The van der Waals surface area contributed by atoms with Gasteiger partial charge in [0.05, 0.1) is 18.5 Å². The second-order valence-electron chi connectivity index (χ2n) is 5.27. The van der Waals surface area contributed by atoms with Gasteiger partial charge in [-0.1, -0.05) is 12.1 Å². The van der Waals surface area contributed by atoms with E-state index < -0.39 is 11.7 Å². The van der Waals surface area contributed by atoms with E-state index in [1.165, 1.54) is 42.7 Å². The number of amides is 2. The van der Waals surface area contributed by atoms with E-state index in [1.807, 2.05) is 0 Å². The number of benzene rings is 2. The maximum atomic E-state index is 13.6. The van der Waals surface area contributed by atoms with Crippen molar-refractivity contribution >= 4 is 17.5 Å². The Balaban J connectivity index is 1.62. The zero-order chi connectivity index (χ0) is 17.6. The summed E-state index contributed by atoms with van der Waals surface area (Å²) < 4.78 is 18.7. The van der Waals surface area contributed by atoms with Crippen molar-refractivity contribution in [1.82, 2.24) is 5.32 Å². The highest BCUT2D eigenvalue weighted by atomic mass is 19.1. The number of anilines is 1. The molecule has 25 heavy (non-hydrogen) atoms. The number of furan rings is 1. The lowest BCUT2D eigenvalue weighted by Crippen LogP contribution is -2.22. The lowest BCUT2D eigenvalue weighted by atomic mass is 10.1. The van der Waals surface area contributed by atoms with Crippen molar-refractivity contribution in [2.75, 3.05) is 5.32 Å². The van der Waals surface area contributed by atoms with Crippen LogP contribution in [-0.4, -0.2) is 11.8 Å². The molecule has 2 aromatic carbocycles. The molecule has 0 unspecified atom stereocenters. The zero-order valence-electron chi connectivity index (χ0n) is 13.2. The first-order valence-electron chi connectivity index (χ1n) is 7.60. The molecule has 6 heteroatoms. The average Bonchev–Trinajstić information content (AvgIpc) is 3.15. The van der Waals surface area contributed by atoms with Crippen LogP contribution in [0.5, 0.6) is 0 Å². The molecule has 1 heterocycles. The summed E-state index contributed by atoms with van der Waals surface area (Å²) in [5.74, 6) is -0.593. The van der Waals surface area contributed by atoms with E-state index in [9.17, 15) is 14.0 Å². The first kappa shape index (κ1) is 16.4. The van der Waals surface area contributed by atoms with Gasteiger partial charge >= 0.3 is 0 Å². The molecule has 0 spiro atoms. The minimum absolute atomic E-state index is 0.104. The van der Waals surface area contributed by atoms with Crippen molar-refractivity contribution in [1.29, 1.82) is 0 Å². The fraction of sp³-hybridized carbons (Fsp3) is 0.0526. The summed E-state index contributed by atoms with van der Waals surface area (Å²) in [5.41, 5.74) is 0.840. The summed E-state index contributed by atoms with van der Waals surface area (Å²) in [5, 5.41) is 5.21. The Morgan fingerprint density at radius 2 is 1.56 bits per heavy atom. The maximum absolute atomic E-state index is 13.6. The zero-order valence-corrected chi connectivity index (χ0v) is 13.2. The van der Waals surface area contributed by atoms with Gasteiger partial charge in [0.15, 0.2) is 0 Å². The number of nitrogens with one attached hydrogen (secondary N) is 2. The topological polar surface area (TPSA) is 71.3 Å². The number of para-hydroxylation sites is 1. The molecular formula is C19H15FN2O3. The van der Waals surface area contributed by atoms with Crippen molar-refractivity contribution in [2.45, 2.75) is 6.54 Å². The van der Waals surface area contributed by atoms with Gasteiger partial charge in [-0.05, 0) is 48.5 Å². The standard InChI is InChI=1S/C19H15FN2O3/c20-16-5-1-2-6-17(16)22-19(24)14-9-7-13(8-10-14)18(23)21-12-15-4-3-11-25-15/h1-11H,12H2,(H,21,23)(H,22,24). The molecule has 2 amide bonds. The Morgan fingerprint density at radius 3 is 2.20 bits per heavy atom. The van der Waals surface area contributed by atoms with Crippen LogP contribution in [0.25, 0.3) is 0 Å². The molecule has 0 bridgehead atoms.